The van der Waals surface area contributed by atoms with Crippen LogP contribution in [0.3, 0.4) is 0 Å². The van der Waals surface area contributed by atoms with Crippen LogP contribution in [0.2, 0.25) is 0 Å². The zero-order chi connectivity index (χ0) is 12.0. The van der Waals surface area contributed by atoms with Gasteiger partial charge in [0.2, 0.25) is 0 Å². The molecule has 3 heteroatoms. The van der Waals surface area contributed by atoms with Gasteiger partial charge in [0.15, 0.2) is 0 Å². The number of nitrogens with two attached hydrogens (primary N) is 1. The lowest BCUT2D eigenvalue weighted by molar-refractivity contribution is 0.340. The Morgan fingerprint density at radius 2 is 2.12 bits per heavy atom. The quantitative estimate of drug-likeness (QED) is 0.741. The fraction of sp³-hybridized carbons (Fsp3) is 0.385. The summed E-state index contributed by atoms with van der Waals surface area (Å²) in [6.45, 7) is 6.09. The number of hydrogen-bond donors (Lipinski definition) is 1. The third-order valence-corrected chi connectivity index (χ3v) is 2.41. The minimum atomic E-state index is 0.538. The summed E-state index contributed by atoms with van der Waals surface area (Å²) in [7, 11) is 3.74. The van der Waals surface area contributed by atoms with Crippen molar-refractivity contribution in [1.82, 2.24) is 4.90 Å². The first-order chi connectivity index (χ1) is 7.67. The average molecular weight is 220 g/mol. The molecular formula is C13H20N2O. The van der Waals surface area contributed by atoms with Crippen LogP contribution in [0.15, 0.2) is 36.4 Å². The lowest BCUT2D eigenvalue weighted by atomic mass is 10.2. The SMILES string of the molecule is C=C(CN)CN(C)Cc1ccccc1OC. The molecule has 0 aliphatic rings. The standard InChI is InChI=1S/C13H20N2O/c1-11(8-14)9-15(2)10-12-6-4-5-7-13(12)16-3/h4-7H,1,8-10,14H2,2-3H3. The molecular weight excluding hydrogens is 200 g/mol. The van der Waals surface area contributed by atoms with Gasteiger partial charge in [-0.15, -0.1) is 0 Å². The Bertz CT molecular complexity index is 350. The molecule has 16 heavy (non-hydrogen) atoms. The molecule has 0 fully saturated rings. The van der Waals surface area contributed by atoms with E-state index in [0.717, 1.165) is 24.4 Å². The zero-order valence-electron chi connectivity index (χ0n) is 10.1. The fourth-order valence-corrected chi connectivity index (χ4v) is 1.63. The topological polar surface area (TPSA) is 38.5 Å². The van der Waals surface area contributed by atoms with Crippen molar-refractivity contribution in [2.75, 3.05) is 27.2 Å². The number of nitrogens with zero attached hydrogens (tertiary/aromatic N) is 1. The third kappa shape index (κ3) is 3.68. The molecule has 0 unspecified atom stereocenters. The van der Waals surface area contributed by atoms with Crippen LogP contribution in [0.4, 0.5) is 0 Å². The van der Waals surface area contributed by atoms with Gasteiger partial charge in [-0.05, 0) is 18.7 Å². The summed E-state index contributed by atoms with van der Waals surface area (Å²) in [6, 6.07) is 8.03. The number of hydrogen-bond acceptors (Lipinski definition) is 3. The van der Waals surface area contributed by atoms with Crippen LogP contribution >= 0.6 is 0 Å². The number of methoxy groups -OCH3 is 1. The van der Waals surface area contributed by atoms with Crippen molar-refractivity contribution in [2.24, 2.45) is 5.73 Å². The Hall–Kier alpha value is -1.32. The first-order valence-corrected chi connectivity index (χ1v) is 5.34. The molecule has 0 amide bonds. The first kappa shape index (κ1) is 12.7. The lowest BCUT2D eigenvalue weighted by Crippen LogP contribution is -2.23. The van der Waals surface area contributed by atoms with Crippen LogP contribution in [0.1, 0.15) is 5.56 Å². The summed E-state index contributed by atoms with van der Waals surface area (Å²) in [4.78, 5) is 2.17. The van der Waals surface area contributed by atoms with Crippen molar-refractivity contribution in [3.05, 3.63) is 42.0 Å². The summed E-state index contributed by atoms with van der Waals surface area (Å²) in [6.07, 6.45) is 0. The van der Waals surface area contributed by atoms with Gasteiger partial charge >= 0.3 is 0 Å². The Labute approximate surface area is 97.5 Å². The highest BCUT2D eigenvalue weighted by Crippen LogP contribution is 2.18. The molecule has 0 aliphatic carbocycles. The van der Waals surface area contributed by atoms with Crippen LogP contribution in [0.25, 0.3) is 0 Å². The van der Waals surface area contributed by atoms with Gasteiger partial charge in [-0.25, -0.2) is 0 Å². The largest absolute Gasteiger partial charge is 0.496 e. The number of likely N-dealkylation sites (N-methyl/N-ethyl adjacent to an activating group) is 1. The Kier molecular flexibility index (Phi) is 5.02. The molecule has 1 rings (SSSR count). The van der Waals surface area contributed by atoms with Crippen LogP contribution in [-0.4, -0.2) is 32.1 Å². The van der Waals surface area contributed by atoms with E-state index in [1.807, 2.05) is 25.2 Å². The molecule has 1 aromatic carbocycles. The van der Waals surface area contributed by atoms with E-state index in [4.69, 9.17) is 10.5 Å². The molecule has 0 aromatic heterocycles. The second kappa shape index (κ2) is 6.30. The summed E-state index contributed by atoms with van der Waals surface area (Å²) < 4.78 is 5.30. The molecule has 0 spiro atoms. The maximum absolute atomic E-state index is 5.52. The molecule has 0 aliphatic heterocycles. The van der Waals surface area contributed by atoms with Gasteiger partial charge in [0.05, 0.1) is 7.11 Å². The normalized spacial score (nSPS) is 10.5. The van der Waals surface area contributed by atoms with E-state index in [2.05, 4.69) is 17.5 Å². The minimum Gasteiger partial charge on any atom is -0.496 e. The second-order valence-corrected chi connectivity index (χ2v) is 3.94. The predicted molar refractivity (Wildman–Crippen MR) is 67.5 cm³/mol. The Morgan fingerprint density at radius 3 is 2.75 bits per heavy atom. The van der Waals surface area contributed by atoms with Crippen molar-refractivity contribution in [3.8, 4) is 5.75 Å². The highest BCUT2D eigenvalue weighted by Gasteiger charge is 2.05. The molecule has 2 N–H and O–H groups in total. The van der Waals surface area contributed by atoms with Crippen LogP contribution < -0.4 is 10.5 Å². The maximum Gasteiger partial charge on any atom is 0.123 e. The summed E-state index contributed by atoms with van der Waals surface area (Å²) in [5.74, 6) is 0.924. The van der Waals surface area contributed by atoms with Gasteiger partial charge in [0.1, 0.15) is 5.75 Å². The molecule has 88 valence electrons. The number of ether oxygens (including phenoxy) is 1. The molecule has 0 saturated carbocycles. The smallest absolute Gasteiger partial charge is 0.123 e. The van der Waals surface area contributed by atoms with Crippen molar-refractivity contribution in [1.29, 1.82) is 0 Å². The Balaban J connectivity index is 2.61. The predicted octanol–water partition coefficient (Wildman–Crippen LogP) is 1.64. The average Bonchev–Trinajstić information content (AvgIpc) is 2.29. The molecule has 0 atom stereocenters. The summed E-state index contributed by atoms with van der Waals surface area (Å²) in [5, 5.41) is 0. The van der Waals surface area contributed by atoms with Gasteiger partial charge in [0, 0.05) is 25.2 Å². The molecule has 0 saturated heterocycles. The van der Waals surface area contributed by atoms with Crippen molar-refractivity contribution in [2.45, 2.75) is 6.54 Å². The molecule has 0 heterocycles. The monoisotopic (exact) mass is 220 g/mol. The van der Waals surface area contributed by atoms with Gasteiger partial charge in [-0.1, -0.05) is 24.8 Å². The van der Waals surface area contributed by atoms with Crippen molar-refractivity contribution in [3.63, 3.8) is 0 Å². The summed E-state index contributed by atoms with van der Waals surface area (Å²) >= 11 is 0. The fourth-order valence-electron chi connectivity index (χ4n) is 1.63. The van der Waals surface area contributed by atoms with E-state index >= 15 is 0 Å². The van der Waals surface area contributed by atoms with Crippen LogP contribution in [-0.2, 0) is 6.54 Å². The van der Waals surface area contributed by atoms with Crippen molar-refractivity contribution < 1.29 is 4.74 Å². The molecule has 0 radical (unpaired) electrons. The van der Waals surface area contributed by atoms with Gasteiger partial charge < -0.3 is 10.5 Å². The van der Waals surface area contributed by atoms with E-state index < -0.39 is 0 Å². The van der Waals surface area contributed by atoms with Crippen molar-refractivity contribution >= 4 is 0 Å². The highest BCUT2D eigenvalue weighted by atomic mass is 16.5. The number of rotatable bonds is 6. The van der Waals surface area contributed by atoms with Gasteiger partial charge in [-0.3, -0.25) is 4.90 Å². The minimum absolute atomic E-state index is 0.538. The number of para-hydroxylation sites is 1. The van der Waals surface area contributed by atoms with Crippen LogP contribution in [0.5, 0.6) is 5.75 Å². The Morgan fingerprint density at radius 1 is 1.44 bits per heavy atom. The third-order valence-electron chi connectivity index (χ3n) is 2.41. The van der Waals surface area contributed by atoms with E-state index in [0.29, 0.717) is 6.54 Å². The maximum atomic E-state index is 5.52. The van der Waals surface area contributed by atoms with E-state index in [-0.39, 0.29) is 0 Å². The lowest BCUT2D eigenvalue weighted by Gasteiger charge is -2.18. The molecule has 0 bridgehead atoms. The van der Waals surface area contributed by atoms with E-state index in [1.165, 1.54) is 5.56 Å². The van der Waals surface area contributed by atoms with E-state index in [1.54, 1.807) is 7.11 Å². The highest BCUT2D eigenvalue weighted by molar-refractivity contribution is 5.33. The number of benzene rings is 1. The molecule has 3 nitrogen and oxygen atoms in total. The van der Waals surface area contributed by atoms with Gasteiger partial charge in [0.25, 0.3) is 0 Å². The zero-order valence-corrected chi connectivity index (χ0v) is 10.1. The van der Waals surface area contributed by atoms with Crippen LogP contribution in [0, 0.1) is 0 Å². The van der Waals surface area contributed by atoms with E-state index in [9.17, 15) is 0 Å². The first-order valence-electron chi connectivity index (χ1n) is 5.34. The molecule has 1 aromatic rings. The summed E-state index contributed by atoms with van der Waals surface area (Å²) in [5.41, 5.74) is 7.74. The second-order valence-electron chi connectivity index (χ2n) is 3.94. The van der Waals surface area contributed by atoms with Gasteiger partial charge in [-0.2, -0.15) is 0 Å².